The monoisotopic (exact) mass is 384 g/mol. The zero-order valence-corrected chi connectivity index (χ0v) is 16.0. The molecule has 144 valence electrons. The predicted octanol–water partition coefficient (Wildman–Crippen LogP) is 2.93. The van der Waals surface area contributed by atoms with Gasteiger partial charge in [0, 0.05) is 36.3 Å². The van der Waals surface area contributed by atoms with E-state index in [1.165, 1.54) is 11.1 Å². The lowest BCUT2D eigenvalue weighted by atomic mass is 9.98. The number of hydrogen-bond donors (Lipinski definition) is 2. The fourth-order valence-electron chi connectivity index (χ4n) is 3.66. The van der Waals surface area contributed by atoms with E-state index in [9.17, 15) is 4.79 Å². The molecule has 0 bridgehead atoms. The molecule has 5 rings (SSSR count). The summed E-state index contributed by atoms with van der Waals surface area (Å²) in [5, 5.41) is 19.8. The fourth-order valence-corrected chi connectivity index (χ4v) is 3.66. The van der Waals surface area contributed by atoms with E-state index in [2.05, 4.69) is 25.9 Å². The lowest BCUT2D eigenvalue weighted by Gasteiger charge is -2.17. The summed E-state index contributed by atoms with van der Waals surface area (Å²) in [6.45, 7) is 1.79. The van der Waals surface area contributed by atoms with E-state index in [0.29, 0.717) is 11.4 Å². The van der Waals surface area contributed by atoms with E-state index in [1.54, 1.807) is 4.68 Å². The van der Waals surface area contributed by atoms with Gasteiger partial charge in [-0.05, 0) is 60.0 Å². The standard InChI is InChI=1S/C22H20N6O/c1-28-13-19(12-24-28)14-4-5-20-18(9-14)10-21(27-26-20)25-22(29)16-2-3-17-11-23-7-6-15(17)8-16/h2-5,8-10,12-13,23H,6-7,11H2,1H3,(H,25,27,29). The Morgan fingerprint density at radius 2 is 2.00 bits per heavy atom. The van der Waals surface area contributed by atoms with Gasteiger partial charge in [-0.2, -0.15) is 5.10 Å². The minimum atomic E-state index is -0.177. The second kappa shape index (κ2) is 7.10. The van der Waals surface area contributed by atoms with Crippen LogP contribution in [0, 0.1) is 0 Å². The van der Waals surface area contributed by atoms with Crippen LogP contribution in [0.15, 0.2) is 54.9 Å². The van der Waals surface area contributed by atoms with Crippen LogP contribution in [0.4, 0.5) is 5.82 Å². The number of carbonyl (C=O) groups is 1. The van der Waals surface area contributed by atoms with Crippen LogP contribution < -0.4 is 10.6 Å². The Kier molecular flexibility index (Phi) is 4.29. The number of benzene rings is 2. The zero-order valence-electron chi connectivity index (χ0n) is 16.0. The molecule has 0 spiro atoms. The maximum Gasteiger partial charge on any atom is 0.256 e. The maximum atomic E-state index is 12.7. The number of hydrogen-bond acceptors (Lipinski definition) is 5. The van der Waals surface area contributed by atoms with Crippen molar-refractivity contribution >= 4 is 22.6 Å². The van der Waals surface area contributed by atoms with Gasteiger partial charge in [0.2, 0.25) is 0 Å². The molecule has 1 aliphatic heterocycles. The molecule has 0 radical (unpaired) electrons. The van der Waals surface area contributed by atoms with E-state index in [1.807, 2.05) is 61.9 Å². The van der Waals surface area contributed by atoms with Crippen molar-refractivity contribution < 1.29 is 4.79 Å². The van der Waals surface area contributed by atoms with Crippen LogP contribution in [-0.4, -0.2) is 32.4 Å². The Labute approximate surface area is 167 Å². The highest BCUT2D eigenvalue weighted by Gasteiger charge is 2.13. The molecule has 0 saturated heterocycles. The molecule has 0 saturated carbocycles. The Hall–Kier alpha value is -3.58. The quantitative estimate of drug-likeness (QED) is 0.567. The molecule has 7 nitrogen and oxygen atoms in total. The number of carbonyl (C=O) groups excluding carboxylic acids is 1. The van der Waals surface area contributed by atoms with Gasteiger partial charge in [-0.15, -0.1) is 10.2 Å². The van der Waals surface area contributed by atoms with Gasteiger partial charge in [0.05, 0.1) is 11.7 Å². The number of nitrogens with zero attached hydrogens (tertiary/aromatic N) is 4. The van der Waals surface area contributed by atoms with Crippen molar-refractivity contribution in [3.05, 3.63) is 71.5 Å². The number of amides is 1. The van der Waals surface area contributed by atoms with Crippen molar-refractivity contribution in [1.82, 2.24) is 25.3 Å². The molecule has 0 fully saturated rings. The fraction of sp³-hybridized carbons (Fsp3) is 0.182. The van der Waals surface area contributed by atoms with Crippen LogP contribution in [0.3, 0.4) is 0 Å². The van der Waals surface area contributed by atoms with Crippen molar-refractivity contribution in [2.45, 2.75) is 13.0 Å². The molecule has 4 aromatic rings. The van der Waals surface area contributed by atoms with E-state index in [0.717, 1.165) is 41.5 Å². The lowest BCUT2D eigenvalue weighted by Crippen LogP contribution is -2.24. The van der Waals surface area contributed by atoms with Crippen LogP contribution in [-0.2, 0) is 20.0 Å². The number of anilines is 1. The van der Waals surface area contributed by atoms with E-state index >= 15 is 0 Å². The van der Waals surface area contributed by atoms with Crippen LogP contribution >= 0.6 is 0 Å². The van der Waals surface area contributed by atoms with Gasteiger partial charge in [0.25, 0.3) is 5.91 Å². The van der Waals surface area contributed by atoms with Crippen molar-refractivity contribution in [2.24, 2.45) is 7.05 Å². The summed E-state index contributed by atoms with van der Waals surface area (Å²) in [7, 11) is 1.89. The number of aryl methyl sites for hydroxylation is 1. The maximum absolute atomic E-state index is 12.7. The molecule has 0 atom stereocenters. The van der Waals surface area contributed by atoms with Gasteiger partial charge in [0.15, 0.2) is 5.82 Å². The van der Waals surface area contributed by atoms with Gasteiger partial charge in [-0.3, -0.25) is 9.48 Å². The lowest BCUT2D eigenvalue weighted by molar-refractivity contribution is 0.102. The molecule has 3 heterocycles. The highest BCUT2D eigenvalue weighted by Crippen LogP contribution is 2.24. The Morgan fingerprint density at radius 3 is 2.86 bits per heavy atom. The molecule has 2 aromatic carbocycles. The summed E-state index contributed by atoms with van der Waals surface area (Å²) < 4.78 is 1.77. The normalized spacial score (nSPS) is 13.3. The molecule has 2 aromatic heterocycles. The summed E-state index contributed by atoms with van der Waals surface area (Å²) in [6, 6.07) is 13.6. The van der Waals surface area contributed by atoms with Gasteiger partial charge in [0.1, 0.15) is 0 Å². The second-order valence-corrected chi connectivity index (χ2v) is 7.27. The molecule has 0 aliphatic carbocycles. The van der Waals surface area contributed by atoms with Gasteiger partial charge >= 0.3 is 0 Å². The Balaban J connectivity index is 1.42. The van der Waals surface area contributed by atoms with E-state index in [4.69, 9.17) is 0 Å². The molecular weight excluding hydrogens is 364 g/mol. The highest BCUT2D eigenvalue weighted by molar-refractivity contribution is 6.04. The molecule has 0 unspecified atom stereocenters. The average molecular weight is 384 g/mol. The smallest absolute Gasteiger partial charge is 0.256 e. The number of aromatic nitrogens is 4. The van der Waals surface area contributed by atoms with Gasteiger partial charge in [-0.25, -0.2) is 0 Å². The highest BCUT2D eigenvalue weighted by atomic mass is 16.1. The van der Waals surface area contributed by atoms with Crippen LogP contribution in [0.25, 0.3) is 22.0 Å². The third-order valence-corrected chi connectivity index (χ3v) is 5.22. The minimum Gasteiger partial charge on any atom is -0.312 e. The van der Waals surface area contributed by atoms with Crippen LogP contribution in [0.1, 0.15) is 21.5 Å². The van der Waals surface area contributed by atoms with Gasteiger partial charge in [-0.1, -0.05) is 12.1 Å². The molecule has 2 N–H and O–H groups in total. The first-order chi connectivity index (χ1) is 14.2. The largest absolute Gasteiger partial charge is 0.312 e. The first kappa shape index (κ1) is 17.5. The topological polar surface area (TPSA) is 84.7 Å². The predicted molar refractivity (Wildman–Crippen MR) is 112 cm³/mol. The molecule has 29 heavy (non-hydrogen) atoms. The summed E-state index contributed by atoms with van der Waals surface area (Å²) in [5.41, 5.74) is 5.96. The van der Waals surface area contributed by atoms with Crippen molar-refractivity contribution in [2.75, 3.05) is 11.9 Å². The third kappa shape index (κ3) is 3.48. The first-order valence-electron chi connectivity index (χ1n) is 9.56. The molecule has 1 aliphatic rings. The van der Waals surface area contributed by atoms with Gasteiger partial charge < -0.3 is 10.6 Å². The summed E-state index contributed by atoms with van der Waals surface area (Å²) in [5.74, 6) is 0.258. The SMILES string of the molecule is Cn1cc(-c2ccc3nnc(NC(=O)c4ccc5c(c4)CCNC5)cc3c2)cn1. The number of fused-ring (bicyclic) bond motifs is 2. The third-order valence-electron chi connectivity index (χ3n) is 5.22. The zero-order chi connectivity index (χ0) is 19.8. The van der Waals surface area contributed by atoms with Crippen LogP contribution in [0.5, 0.6) is 0 Å². The van der Waals surface area contributed by atoms with E-state index < -0.39 is 0 Å². The first-order valence-corrected chi connectivity index (χ1v) is 9.56. The van der Waals surface area contributed by atoms with E-state index in [-0.39, 0.29) is 5.91 Å². The molecular formula is C22H20N6O. The Bertz CT molecular complexity index is 1230. The minimum absolute atomic E-state index is 0.177. The molecule has 1 amide bonds. The van der Waals surface area contributed by atoms with Crippen molar-refractivity contribution in [1.29, 1.82) is 0 Å². The second-order valence-electron chi connectivity index (χ2n) is 7.27. The Morgan fingerprint density at radius 1 is 1.07 bits per heavy atom. The van der Waals surface area contributed by atoms with Crippen molar-refractivity contribution in [3.8, 4) is 11.1 Å². The average Bonchev–Trinajstić information content (AvgIpc) is 3.19. The number of rotatable bonds is 3. The van der Waals surface area contributed by atoms with Crippen molar-refractivity contribution in [3.63, 3.8) is 0 Å². The number of nitrogens with one attached hydrogen (secondary N) is 2. The summed E-state index contributed by atoms with van der Waals surface area (Å²) in [6.07, 6.45) is 4.72. The summed E-state index contributed by atoms with van der Waals surface area (Å²) in [4.78, 5) is 12.7. The summed E-state index contributed by atoms with van der Waals surface area (Å²) >= 11 is 0. The molecule has 7 heteroatoms. The van der Waals surface area contributed by atoms with Crippen LogP contribution in [0.2, 0.25) is 0 Å².